The zero-order valence-corrected chi connectivity index (χ0v) is 16.4. The highest BCUT2D eigenvalue weighted by molar-refractivity contribution is 7.13. The smallest absolute Gasteiger partial charge is 0.145 e. The van der Waals surface area contributed by atoms with Gasteiger partial charge in [0.2, 0.25) is 0 Å². The van der Waals surface area contributed by atoms with E-state index in [0.717, 1.165) is 38.7 Å². The number of rotatable bonds is 5. The lowest BCUT2D eigenvalue weighted by molar-refractivity contribution is 1.11. The molecule has 5 rings (SSSR count). The number of anilines is 1. The van der Waals surface area contributed by atoms with Crippen molar-refractivity contribution in [3.8, 4) is 21.8 Å². The van der Waals surface area contributed by atoms with Gasteiger partial charge in [-0.05, 0) is 23.8 Å². The summed E-state index contributed by atoms with van der Waals surface area (Å²) in [6, 6.07) is 26.6. The minimum Gasteiger partial charge on any atom is -0.365 e. The molecule has 0 atom stereocenters. The molecule has 29 heavy (non-hydrogen) atoms. The Bertz CT molecular complexity index is 1260. The number of aromatic nitrogens is 3. The van der Waals surface area contributed by atoms with Gasteiger partial charge in [-0.3, -0.25) is 4.98 Å². The van der Waals surface area contributed by atoms with Crippen LogP contribution in [0.15, 0.2) is 90.4 Å². The Kier molecular flexibility index (Phi) is 4.72. The van der Waals surface area contributed by atoms with E-state index in [1.54, 1.807) is 17.5 Å². The molecule has 1 N–H and O–H groups in total. The summed E-state index contributed by atoms with van der Waals surface area (Å²) in [5.41, 5.74) is 6.25. The molecule has 4 nitrogen and oxygen atoms in total. The van der Waals surface area contributed by atoms with Gasteiger partial charge in [0.15, 0.2) is 0 Å². The number of hydrogen-bond donors (Lipinski definition) is 1. The van der Waals surface area contributed by atoms with Gasteiger partial charge < -0.3 is 5.32 Å². The monoisotopic (exact) mass is 394 g/mol. The van der Waals surface area contributed by atoms with E-state index >= 15 is 0 Å². The maximum absolute atomic E-state index is 4.82. The molecular formula is C24H18N4S. The first-order chi connectivity index (χ1) is 14.3. The third-order valence-corrected chi connectivity index (χ3v) is 5.56. The highest BCUT2D eigenvalue weighted by atomic mass is 32.1. The van der Waals surface area contributed by atoms with Crippen LogP contribution in [-0.4, -0.2) is 15.0 Å². The standard InChI is InChI=1S/C24H18N4S/c1-2-8-18(9-3-1)22-16-29-24(28-22)19-10-6-7-17(13-19)14-26-23-15-25-20-11-4-5-12-21(20)27-23/h1-13,15-16H,14H2,(H,26,27). The van der Waals surface area contributed by atoms with Crippen LogP contribution in [0.3, 0.4) is 0 Å². The Balaban J connectivity index is 1.34. The molecule has 0 bridgehead atoms. The lowest BCUT2D eigenvalue weighted by Crippen LogP contribution is -2.02. The summed E-state index contributed by atoms with van der Waals surface area (Å²) >= 11 is 1.67. The van der Waals surface area contributed by atoms with Gasteiger partial charge in [0.25, 0.3) is 0 Å². The van der Waals surface area contributed by atoms with Crippen LogP contribution in [-0.2, 0) is 6.54 Å². The van der Waals surface area contributed by atoms with E-state index in [9.17, 15) is 0 Å². The molecule has 0 aliphatic rings. The van der Waals surface area contributed by atoms with Gasteiger partial charge in [-0.15, -0.1) is 11.3 Å². The molecule has 5 heteroatoms. The van der Waals surface area contributed by atoms with Gasteiger partial charge in [0.05, 0.1) is 22.9 Å². The molecule has 0 saturated carbocycles. The first-order valence-electron chi connectivity index (χ1n) is 9.41. The molecule has 2 heterocycles. The van der Waals surface area contributed by atoms with Crippen LogP contribution in [0.5, 0.6) is 0 Å². The topological polar surface area (TPSA) is 50.7 Å². The van der Waals surface area contributed by atoms with Crippen LogP contribution >= 0.6 is 11.3 Å². The van der Waals surface area contributed by atoms with Crippen molar-refractivity contribution in [1.29, 1.82) is 0 Å². The fourth-order valence-corrected chi connectivity index (χ4v) is 4.02. The number of hydrogen-bond acceptors (Lipinski definition) is 5. The summed E-state index contributed by atoms with van der Waals surface area (Å²) in [5, 5.41) is 6.51. The molecule has 0 unspecified atom stereocenters. The van der Waals surface area contributed by atoms with E-state index in [-0.39, 0.29) is 0 Å². The zero-order valence-electron chi connectivity index (χ0n) is 15.6. The SMILES string of the molecule is c1ccc(-c2csc(-c3cccc(CNc4cnc5ccccc5n4)c3)n2)cc1. The number of thiazole rings is 1. The van der Waals surface area contributed by atoms with Crippen molar-refractivity contribution in [2.75, 3.05) is 5.32 Å². The Labute approximate surface area is 172 Å². The highest BCUT2D eigenvalue weighted by Crippen LogP contribution is 2.29. The van der Waals surface area contributed by atoms with Gasteiger partial charge in [-0.25, -0.2) is 9.97 Å². The van der Waals surface area contributed by atoms with Crippen LogP contribution in [0.25, 0.3) is 32.9 Å². The highest BCUT2D eigenvalue weighted by Gasteiger charge is 2.07. The van der Waals surface area contributed by atoms with Crippen LogP contribution in [0.2, 0.25) is 0 Å². The van der Waals surface area contributed by atoms with Crippen LogP contribution in [0, 0.1) is 0 Å². The minimum absolute atomic E-state index is 0.678. The average Bonchev–Trinajstić information content (AvgIpc) is 3.29. The quantitative estimate of drug-likeness (QED) is 0.395. The fourth-order valence-electron chi connectivity index (χ4n) is 3.20. The van der Waals surface area contributed by atoms with Crippen LogP contribution in [0.4, 0.5) is 5.82 Å². The Morgan fingerprint density at radius 1 is 0.759 bits per heavy atom. The molecule has 0 aliphatic carbocycles. The molecule has 3 aromatic carbocycles. The molecule has 0 radical (unpaired) electrons. The molecule has 5 aromatic rings. The summed E-state index contributed by atoms with van der Waals surface area (Å²) in [6.45, 7) is 0.678. The Morgan fingerprint density at radius 3 is 2.45 bits per heavy atom. The largest absolute Gasteiger partial charge is 0.365 e. The Hall–Kier alpha value is -3.57. The molecule has 140 valence electrons. The van der Waals surface area contributed by atoms with Crippen molar-refractivity contribution < 1.29 is 0 Å². The van der Waals surface area contributed by atoms with E-state index < -0.39 is 0 Å². The minimum atomic E-state index is 0.678. The van der Waals surface area contributed by atoms with Crippen molar-refractivity contribution in [2.45, 2.75) is 6.54 Å². The number of benzene rings is 3. The molecule has 0 fully saturated rings. The second-order valence-corrected chi connectivity index (χ2v) is 7.56. The van der Waals surface area contributed by atoms with E-state index in [1.165, 1.54) is 5.56 Å². The second-order valence-electron chi connectivity index (χ2n) is 6.70. The molecule has 0 spiro atoms. The fraction of sp³-hybridized carbons (Fsp3) is 0.0417. The van der Waals surface area contributed by atoms with E-state index in [0.29, 0.717) is 6.54 Å². The average molecular weight is 395 g/mol. The zero-order chi connectivity index (χ0) is 19.5. The predicted octanol–water partition coefficient (Wildman–Crippen LogP) is 6.03. The maximum atomic E-state index is 4.82. The van der Waals surface area contributed by atoms with Crippen LogP contribution < -0.4 is 5.32 Å². The number of nitrogens with one attached hydrogen (secondary N) is 1. The third kappa shape index (κ3) is 3.86. The number of fused-ring (bicyclic) bond motifs is 1. The van der Waals surface area contributed by atoms with Gasteiger partial charge >= 0.3 is 0 Å². The van der Waals surface area contributed by atoms with E-state index in [2.05, 4.69) is 57.1 Å². The Morgan fingerprint density at radius 2 is 1.55 bits per heavy atom. The number of para-hydroxylation sites is 2. The van der Waals surface area contributed by atoms with Gasteiger partial charge in [0.1, 0.15) is 10.8 Å². The molecule has 0 aliphatic heterocycles. The first kappa shape index (κ1) is 17.5. The normalized spacial score (nSPS) is 10.9. The second kappa shape index (κ2) is 7.81. The van der Waals surface area contributed by atoms with Gasteiger partial charge in [-0.1, -0.05) is 60.7 Å². The molecular weight excluding hydrogens is 376 g/mol. The molecule has 2 aromatic heterocycles. The van der Waals surface area contributed by atoms with Crippen molar-refractivity contribution >= 4 is 28.2 Å². The molecule has 0 amide bonds. The third-order valence-electron chi connectivity index (χ3n) is 4.67. The van der Waals surface area contributed by atoms with Crippen molar-refractivity contribution in [2.24, 2.45) is 0 Å². The van der Waals surface area contributed by atoms with E-state index in [1.807, 2.05) is 42.5 Å². The maximum Gasteiger partial charge on any atom is 0.145 e. The van der Waals surface area contributed by atoms with E-state index in [4.69, 9.17) is 4.98 Å². The first-order valence-corrected chi connectivity index (χ1v) is 10.3. The summed E-state index contributed by atoms with van der Waals surface area (Å²) in [4.78, 5) is 13.9. The van der Waals surface area contributed by atoms with Gasteiger partial charge in [0, 0.05) is 23.1 Å². The molecule has 0 saturated heterocycles. The summed E-state index contributed by atoms with van der Waals surface area (Å²) in [7, 11) is 0. The predicted molar refractivity (Wildman–Crippen MR) is 120 cm³/mol. The number of nitrogens with zero attached hydrogens (tertiary/aromatic N) is 3. The summed E-state index contributed by atoms with van der Waals surface area (Å²) in [6.07, 6.45) is 1.78. The summed E-state index contributed by atoms with van der Waals surface area (Å²) in [5.74, 6) is 0.773. The lowest BCUT2D eigenvalue weighted by atomic mass is 10.1. The lowest BCUT2D eigenvalue weighted by Gasteiger charge is -2.07. The van der Waals surface area contributed by atoms with Crippen LogP contribution in [0.1, 0.15) is 5.56 Å². The van der Waals surface area contributed by atoms with Crippen molar-refractivity contribution in [3.63, 3.8) is 0 Å². The van der Waals surface area contributed by atoms with Crippen molar-refractivity contribution in [3.05, 3.63) is 96.0 Å². The van der Waals surface area contributed by atoms with Gasteiger partial charge in [-0.2, -0.15) is 0 Å². The van der Waals surface area contributed by atoms with Crippen molar-refractivity contribution in [1.82, 2.24) is 15.0 Å². The summed E-state index contributed by atoms with van der Waals surface area (Å²) < 4.78 is 0.